The lowest BCUT2D eigenvalue weighted by Gasteiger charge is -2.19. The fourth-order valence-electron chi connectivity index (χ4n) is 2.26. The van der Waals surface area contributed by atoms with Crippen LogP contribution in [0, 0.1) is 11.7 Å². The van der Waals surface area contributed by atoms with E-state index in [1.165, 1.54) is 17.0 Å². The minimum Gasteiger partial charge on any atom is -0.382 e. The van der Waals surface area contributed by atoms with Crippen molar-refractivity contribution in [3.8, 4) is 0 Å². The van der Waals surface area contributed by atoms with Crippen molar-refractivity contribution >= 4 is 17.5 Å². The molecule has 0 unspecified atom stereocenters. The molecule has 1 N–H and O–H groups in total. The molecule has 0 radical (unpaired) electrons. The van der Waals surface area contributed by atoms with Gasteiger partial charge in [-0.15, -0.1) is 0 Å². The van der Waals surface area contributed by atoms with Crippen LogP contribution in [0.15, 0.2) is 29.4 Å². The molecule has 0 bridgehead atoms. The number of benzene rings is 1. The standard InChI is InChI=1S/C17H22FN3O3/c1-11(2)9-19-16(22)10-21(3)17(23)15-8-14(20-24-15)12-5-4-6-13(18)7-12/h4-7,11,15H,8-10H2,1-3H3,(H,19,22)/t15-/m0/s1. The van der Waals surface area contributed by atoms with Crippen molar-refractivity contribution in [1.29, 1.82) is 0 Å². The number of hydrogen-bond donors (Lipinski definition) is 1. The van der Waals surface area contributed by atoms with Crippen LogP contribution in [-0.2, 0) is 14.4 Å². The second-order valence-electron chi connectivity index (χ2n) is 6.24. The molecule has 1 aliphatic heterocycles. The van der Waals surface area contributed by atoms with Gasteiger partial charge in [0.25, 0.3) is 5.91 Å². The van der Waals surface area contributed by atoms with Gasteiger partial charge in [-0.25, -0.2) is 4.39 Å². The van der Waals surface area contributed by atoms with Crippen LogP contribution < -0.4 is 5.32 Å². The van der Waals surface area contributed by atoms with E-state index in [0.717, 1.165) is 0 Å². The Morgan fingerprint density at radius 2 is 2.21 bits per heavy atom. The van der Waals surface area contributed by atoms with Crippen molar-refractivity contribution in [1.82, 2.24) is 10.2 Å². The van der Waals surface area contributed by atoms with E-state index >= 15 is 0 Å². The van der Waals surface area contributed by atoms with E-state index < -0.39 is 6.10 Å². The van der Waals surface area contributed by atoms with Gasteiger partial charge in [0.15, 0.2) is 0 Å². The minimum absolute atomic E-state index is 0.0410. The highest BCUT2D eigenvalue weighted by Crippen LogP contribution is 2.18. The molecule has 0 saturated heterocycles. The number of nitrogens with zero attached hydrogens (tertiary/aromatic N) is 2. The predicted molar refractivity (Wildman–Crippen MR) is 87.9 cm³/mol. The van der Waals surface area contributed by atoms with Gasteiger partial charge in [-0.05, 0) is 18.1 Å². The topological polar surface area (TPSA) is 71.0 Å². The Bertz CT molecular complexity index is 646. The molecule has 130 valence electrons. The summed E-state index contributed by atoms with van der Waals surface area (Å²) in [6.07, 6.45) is -0.536. The number of rotatable bonds is 6. The third-order valence-electron chi connectivity index (χ3n) is 3.57. The number of hydrogen-bond acceptors (Lipinski definition) is 4. The maximum atomic E-state index is 13.3. The molecule has 7 heteroatoms. The van der Waals surface area contributed by atoms with Crippen molar-refractivity contribution in [2.24, 2.45) is 11.1 Å². The summed E-state index contributed by atoms with van der Waals surface area (Å²) in [6.45, 7) is 4.51. The first kappa shape index (κ1) is 17.9. The molecule has 0 spiro atoms. The summed E-state index contributed by atoms with van der Waals surface area (Å²) in [4.78, 5) is 30.6. The molecule has 6 nitrogen and oxygen atoms in total. The molecule has 24 heavy (non-hydrogen) atoms. The van der Waals surface area contributed by atoms with Gasteiger partial charge in [-0.1, -0.05) is 31.1 Å². The fourth-order valence-corrected chi connectivity index (χ4v) is 2.26. The van der Waals surface area contributed by atoms with Gasteiger partial charge < -0.3 is 15.1 Å². The van der Waals surface area contributed by atoms with Crippen LogP contribution in [0.1, 0.15) is 25.8 Å². The molecule has 1 aromatic rings. The van der Waals surface area contributed by atoms with E-state index in [4.69, 9.17) is 4.84 Å². The van der Waals surface area contributed by atoms with Crippen molar-refractivity contribution in [3.05, 3.63) is 35.6 Å². The lowest BCUT2D eigenvalue weighted by Crippen LogP contribution is -2.43. The van der Waals surface area contributed by atoms with Gasteiger partial charge in [0.05, 0.1) is 12.3 Å². The Morgan fingerprint density at radius 3 is 2.88 bits per heavy atom. The molecule has 2 amide bonds. The SMILES string of the molecule is CC(C)CNC(=O)CN(C)C(=O)[C@@H]1CC(c2cccc(F)c2)=NO1. The molecule has 0 saturated carbocycles. The first-order valence-electron chi connectivity index (χ1n) is 7.87. The predicted octanol–water partition coefficient (Wildman–Crippen LogP) is 1.55. The lowest BCUT2D eigenvalue weighted by molar-refractivity contribution is -0.143. The molecule has 0 aliphatic carbocycles. The third kappa shape index (κ3) is 4.78. The molecule has 2 rings (SSSR count). The number of halogens is 1. The van der Waals surface area contributed by atoms with Crippen LogP contribution in [0.5, 0.6) is 0 Å². The number of carbonyl (C=O) groups excluding carboxylic acids is 2. The Kier molecular flexibility index (Phi) is 5.89. The fraction of sp³-hybridized carbons (Fsp3) is 0.471. The molecule has 0 aromatic heterocycles. The van der Waals surface area contributed by atoms with Crippen LogP contribution in [0.4, 0.5) is 4.39 Å². The largest absolute Gasteiger partial charge is 0.382 e. The molecular formula is C17H22FN3O3. The normalized spacial score (nSPS) is 16.5. The van der Waals surface area contributed by atoms with Crippen LogP contribution in [0.2, 0.25) is 0 Å². The summed E-state index contributed by atoms with van der Waals surface area (Å²) in [7, 11) is 1.54. The average Bonchev–Trinajstić information content (AvgIpc) is 3.02. The third-order valence-corrected chi connectivity index (χ3v) is 3.57. The summed E-state index contributed by atoms with van der Waals surface area (Å²) < 4.78 is 13.3. The van der Waals surface area contributed by atoms with Gasteiger partial charge >= 0.3 is 0 Å². The molecule has 1 heterocycles. The van der Waals surface area contributed by atoms with E-state index in [2.05, 4.69) is 10.5 Å². The first-order valence-corrected chi connectivity index (χ1v) is 7.87. The second-order valence-corrected chi connectivity index (χ2v) is 6.24. The molecular weight excluding hydrogens is 313 g/mol. The van der Waals surface area contributed by atoms with E-state index in [1.807, 2.05) is 13.8 Å². The second kappa shape index (κ2) is 7.90. The van der Waals surface area contributed by atoms with Crippen LogP contribution >= 0.6 is 0 Å². The number of carbonyl (C=O) groups is 2. The van der Waals surface area contributed by atoms with E-state index in [1.54, 1.807) is 19.2 Å². The Morgan fingerprint density at radius 1 is 1.46 bits per heavy atom. The number of oxime groups is 1. The zero-order chi connectivity index (χ0) is 17.7. The maximum Gasteiger partial charge on any atom is 0.267 e. The van der Waals surface area contributed by atoms with Crippen molar-refractivity contribution in [2.75, 3.05) is 20.1 Å². The summed E-state index contributed by atoms with van der Waals surface area (Å²) in [5.74, 6) is -0.576. The monoisotopic (exact) mass is 335 g/mol. The smallest absolute Gasteiger partial charge is 0.267 e. The molecule has 1 atom stereocenters. The molecule has 1 aliphatic rings. The van der Waals surface area contributed by atoms with Gasteiger partial charge in [0.1, 0.15) is 5.82 Å². The summed E-state index contributed by atoms with van der Waals surface area (Å²) in [5, 5.41) is 6.63. The van der Waals surface area contributed by atoms with Crippen LogP contribution in [0.25, 0.3) is 0 Å². The maximum absolute atomic E-state index is 13.3. The lowest BCUT2D eigenvalue weighted by atomic mass is 10.0. The first-order chi connectivity index (χ1) is 11.4. The minimum atomic E-state index is -0.786. The van der Waals surface area contributed by atoms with E-state index in [-0.39, 0.29) is 30.6 Å². The summed E-state index contributed by atoms with van der Waals surface area (Å²) in [5.41, 5.74) is 1.10. The van der Waals surface area contributed by atoms with Crippen molar-refractivity contribution in [2.45, 2.75) is 26.4 Å². The number of nitrogens with one attached hydrogen (secondary N) is 1. The highest BCUT2D eigenvalue weighted by atomic mass is 19.1. The van der Waals surface area contributed by atoms with E-state index in [9.17, 15) is 14.0 Å². The van der Waals surface area contributed by atoms with Crippen molar-refractivity contribution in [3.63, 3.8) is 0 Å². The zero-order valence-corrected chi connectivity index (χ0v) is 14.1. The van der Waals surface area contributed by atoms with Gasteiger partial charge in [0.2, 0.25) is 12.0 Å². The van der Waals surface area contributed by atoms with Gasteiger partial charge in [0, 0.05) is 25.6 Å². The summed E-state index contributed by atoms with van der Waals surface area (Å²) in [6, 6.07) is 5.97. The van der Waals surface area contributed by atoms with E-state index in [0.29, 0.717) is 23.7 Å². The van der Waals surface area contributed by atoms with Crippen molar-refractivity contribution < 1.29 is 18.8 Å². The highest BCUT2D eigenvalue weighted by molar-refractivity contribution is 6.04. The Balaban J connectivity index is 1.87. The average molecular weight is 335 g/mol. The molecule has 0 fully saturated rings. The van der Waals surface area contributed by atoms with Gasteiger partial charge in [-0.2, -0.15) is 0 Å². The Hall–Kier alpha value is -2.44. The van der Waals surface area contributed by atoms with Crippen LogP contribution in [0.3, 0.4) is 0 Å². The number of likely N-dealkylation sites (N-methyl/N-ethyl adjacent to an activating group) is 1. The summed E-state index contributed by atoms with van der Waals surface area (Å²) >= 11 is 0. The zero-order valence-electron chi connectivity index (χ0n) is 14.1. The highest BCUT2D eigenvalue weighted by Gasteiger charge is 2.31. The number of amides is 2. The Labute approximate surface area is 140 Å². The van der Waals surface area contributed by atoms with Crippen LogP contribution in [-0.4, -0.2) is 48.7 Å². The quantitative estimate of drug-likeness (QED) is 0.857. The molecule has 1 aromatic carbocycles. The van der Waals surface area contributed by atoms with Gasteiger partial charge in [-0.3, -0.25) is 9.59 Å².